The molecule has 1 radical (unpaired) electrons. The van der Waals surface area contributed by atoms with E-state index < -0.39 is 0 Å². The molecule has 0 saturated heterocycles. The van der Waals surface area contributed by atoms with Gasteiger partial charge in [0.1, 0.15) is 12.1 Å². The number of aliphatic hydroxyl groups is 1. The summed E-state index contributed by atoms with van der Waals surface area (Å²) in [5.41, 5.74) is 4.18. The predicted octanol–water partition coefficient (Wildman–Crippen LogP) is 10.4. The maximum Gasteiger partial charge on any atom is 0.172 e. The van der Waals surface area contributed by atoms with Crippen LogP contribution in [0, 0.1) is 29.9 Å². The van der Waals surface area contributed by atoms with Gasteiger partial charge in [-0.25, -0.2) is 4.98 Å². The number of carbonyl (C=O) groups is 1. The van der Waals surface area contributed by atoms with Crippen LogP contribution in [0.1, 0.15) is 79.7 Å². The van der Waals surface area contributed by atoms with Crippen LogP contribution < -0.4 is 4.74 Å². The molecular weight excluding hydrogens is 727 g/mol. The Morgan fingerprint density at radius 1 is 1.05 bits per heavy atom. The van der Waals surface area contributed by atoms with Crippen molar-refractivity contribution < 1.29 is 34.7 Å². The number of allylic oxidation sites excluding steroid dienone is 2. The quantitative estimate of drug-likeness (QED) is 0.0967. The van der Waals surface area contributed by atoms with Gasteiger partial charge in [0.05, 0.1) is 23.6 Å². The first-order chi connectivity index (χ1) is 20.5. The summed E-state index contributed by atoms with van der Waals surface area (Å²) in [7, 11) is 0. The van der Waals surface area contributed by atoms with Crippen LogP contribution in [0.3, 0.4) is 0 Å². The largest absolute Gasteiger partial charge is 0.512 e. The number of aromatic nitrogens is 2. The van der Waals surface area contributed by atoms with Crippen LogP contribution in [0.25, 0.3) is 37.8 Å². The van der Waals surface area contributed by atoms with E-state index in [0.717, 1.165) is 70.6 Å². The Bertz CT molecular complexity index is 1710. The summed E-state index contributed by atoms with van der Waals surface area (Å²) in [4.78, 5) is 24.5. The molecule has 6 nitrogen and oxygen atoms in total. The van der Waals surface area contributed by atoms with Crippen LogP contribution in [0.2, 0.25) is 0 Å². The van der Waals surface area contributed by atoms with Gasteiger partial charge < -0.3 is 9.84 Å². The molecule has 1 aliphatic heterocycles. The van der Waals surface area contributed by atoms with E-state index in [1.807, 2.05) is 52.0 Å². The average molecular weight is 769 g/mol. The zero-order chi connectivity index (χ0) is 31.3. The van der Waals surface area contributed by atoms with E-state index in [1.165, 1.54) is 6.08 Å². The molecule has 0 amide bonds. The molecule has 233 valence electrons. The fourth-order valence-corrected chi connectivity index (χ4v) is 5.69. The molecule has 1 aliphatic rings. The standard InChI is InChI=1S/C24H18N3O.C13H24O2.Ir/c1-24(2,3)12-14-9-18-20-19(10-14)28-23-17(21(20)27-13-26-18)11-15-7-5-6-8-16(15)22(23)25-4;1-5-10(6-2)12(14)9-13(15)11(7-3)8-4;/h5-10,13H,12H2,1-3H3;9-11,14H,5-8H2,1-4H3;/q-1;;/b;12-9-;. The third-order valence-corrected chi connectivity index (χ3v) is 8.02. The van der Waals surface area contributed by atoms with Crippen molar-refractivity contribution in [2.75, 3.05) is 0 Å². The fourth-order valence-electron chi connectivity index (χ4n) is 5.69. The number of hydrogen-bond donors (Lipinski definition) is 1. The molecule has 0 aliphatic carbocycles. The second-order valence-electron chi connectivity index (χ2n) is 12.4. The molecule has 7 heteroatoms. The van der Waals surface area contributed by atoms with Gasteiger partial charge in [-0.05, 0) is 55.2 Å². The summed E-state index contributed by atoms with van der Waals surface area (Å²) in [5.74, 6) is 1.80. The first kappa shape index (κ1) is 34.9. The van der Waals surface area contributed by atoms with Gasteiger partial charge in [0.15, 0.2) is 11.5 Å². The zero-order valence-electron chi connectivity index (χ0n) is 26.7. The van der Waals surface area contributed by atoms with Gasteiger partial charge in [0.25, 0.3) is 0 Å². The first-order valence-electron chi connectivity index (χ1n) is 15.3. The molecule has 4 aromatic rings. The normalized spacial score (nSPS) is 12.2. The second kappa shape index (κ2) is 14.9. The maximum absolute atomic E-state index is 11.7. The smallest absolute Gasteiger partial charge is 0.172 e. The third kappa shape index (κ3) is 7.54. The Morgan fingerprint density at radius 3 is 2.32 bits per heavy atom. The van der Waals surface area contributed by atoms with Crippen LogP contribution in [-0.4, -0.2) is 20.9 Å². The van der Waals surface area contributed by atoms with Crippen molar-refractivity contribution in [3.63, 3.8) is 0 Å². The molecular formula is C37H42IrN3O3-. The molecule has 2 heterocycles. The number of ether oxygens (including phenoxy) is 1. The maximum atomic E-state index is 11.7. The Hall–Kier alpha value is -3.59. The monoisotopic (exact) mass is 769 g/mol. The Labute approximate surface area is 275 Å². The SMILES string of the molecule is CCC(CC)C(=O)/C=C(\O)C(CC)CC.[C-]#[N+]c1c2c([c-]c3ccccc13)-c1ncnc3cc(CC(C)(C)C)cc(c13)O2.[Ir]. The van der Waals surface area contributed by atoms with E-state index in [-0.39, 0.29) is 48.9 Å². The number of benzene rings is 3. The average Bonchev–Trinajstić information content (AvgIpc) is 2.97. The molecule has 0 bridgehead atoms. The molecule has 0 saturated carbocycles. The van der Waals surface area contributed by atoms with E-state index in [4.69, 9.17) is 11.3 Å². The molecule has 3 aromatic carbocycles. The summed E-state index contributed by atoms with van der Waals surface area (Å²) in [6.07, 6.45) is 7.40. The summed E-state index contributed by atoms with van der Waals surface area (Å²) in [5, 5.41) is 12.4. The van der Waals surface area contributed by atoms with Crippen LogP contribution in [0.5, 0.6) is 11.5 Å². The van der Waals surface area contributed by atoms with E-state index in [9.17, 15) is 9.90 Å². The molecule has 1 N–H and O–H groups in total. The molecule has 0 fully saturated rings. The summed E-state index contributed by atoms with van der Waals surface area (Å²) >= 11 is 0. The molecule has 0 unspecified atom stereocenters. The van der Waals surface area contributed by atoms with E-state index in [0.29, 0.717) is 17.2 Å². The van der Waals surface area contributed by atoms with E-state index in [1.54, 1.807) is 6.33 Å². The van der Waals surface area contributed by atoms with Crippen LogP contribution in [0.4, 0.5) is 5.69 Å². The number of ketones is 1. The minimum atomic E-state index is 0. The van der Waals surface area contributed by atoms with Crippen molar-refractivity contribution in [1.29, 1.82) is 0 Å². The number of hydrogen-bond acceptors (Lipinski definition) is 5. The van der Waals surface area contributed by atoms with Gasteiger partial charge in [0, 0.05) is 49.1 Å². The van der Waals surface area contributed by atoms with E-state index >= 15 is 0 Å². The number of aliphatic hydroxyl groups excluding tert-OH is 1. The van der Waals surface area contributed by atoms with Crippen LogP contribution >= 0.6 is 0 Å². The zero-order valence-corrected chi connectivity index (χ0v) is 29.1. The number of fused-ring (bicyclic) bond motifs is 3. The van der Waals surface area contributed by atoms with Crippen molar-refractivity contribution in [3.8, 4) is 22.8 Å². The van der Waals surface area contributed by atoms with Crippen molar-refractivity contribution in [2.24, 2.45) is 17.3 Å². The Morgan fingerprint density at radius 2 is 1.70 bits per heavy atom. The van der Waals surface area contributed by atoms with Crippen molar-refractivity contribution in [2.45, 2.75) is 80.6 Å². The minimum absolute atomic E-state index is 0. The summed E-state index contributed by atoms with van der Waals surface area (Å²) < 4.78 is 6.31. The molecule has 44 heavy (non-hydrogen) atoms. The van der Waals surface area contributed by atoms with Crippen molar-refractivity contribution in [1.82, 2.24) is 9.97 Å². The van der Waals surface area contributed by atoms with Gasteiger partial charge in [-0.3, -0.25) is 14.6 Å². The summed E-state index contributed by atoms with van der Waals surface area (Å²) in [6, 6.07) is 15.4. The number of rotatable bonds is 8. The number of nitrogens with zero attached hydrogens (tertiary/aromatic N) is 3. The van der Waals surface area contributed by atoms with Crippen molar-refractivity contribution in [3.05, 3.63) is 77.6 Å². The van der Waals surface area contributed by atoms with Gasteiger partial charge >= 0.3 is 0 Å². The number of carbonyl (C=O) groups excluding carboxylic acids is 1. The Balaban J connectivity index is 0.000000286. The van der Waals surface area contributed by atoms with Crippen LogP contribution in [-0.2, 0) is 31.3 Å². The van der Waals surface area contributed by atoms with Gasteiger partial charge in [-0.1, -0.05) is 77.6 Å². The van der Waals surface area contributed by atoms with Crippen molar-refractivity contribution >= 4 is 33.1 Å². The van der Waals surface area contributed by atoms with Crippen LogP contribution in [0.15, 0.2) is 54.6 Å². The van der Waals surface area contributed by atoms with Gasteiger partial charge in [-0.15, -0.1) is 17.5 Å². The van der Waals surface area contributed by atoms with E-state index in [2.05, 4.69) is 53.8 Å². The third-order valence-electron chi connectivity index (χ3n) is 8.02. The topological polar surface area (TPSA) is 76.7 Å². The minimum Gasteiger partial charge on any atom is -0.512 e. The fraction of sp³-hybridized carbons (Fsp3) is 0.405. The first-order valence-corrected chi connectivity index (χ1v) is 15.3. The summed E-state index contributed by atoms with van der Waals surface area (Å²) in [6.45, 7) is 22.5. The van der Waals surface area contributed by atoms with Gasteiger partial charge in [-0.2, -0.15) is 0 Å². The molecule has 0 atom stereocenters. The Kier molecular flexibility index (Phi) is 11.8. The molecule has 5 rings (SSSR count). The predicted molar refractivity (Wildman–Crippen MR) is 175 cm³/mol. The van der Waals surface area contributed by atoms with Gasteiger partial charge in [0.2, 0.25) is 0 Å². The molecule has 1 aromatic heterocycles. The molecule has 0 spiro atoms. The second-order valence-corrected chi connectivity index (χ2v) is 12.4.